The second-order valence-electron chi connectivity index (χ2n) is 4.61. The molecule has 0 bridgehead atoms. The first-order valence-corrected chi connectivity index (χ1v) is 9.92. The van der Waals surface area contributed by atoms with Gasteiger partial charge in [-0.25, -0.2) is 0 Å². The average Bonchev–Trinajstić information content (AvgIpc) is 2.83. The molecule has 0 unspecified atom stereocenters. The fourth-order valence-corrected chi connectivity index (χ4v) is 9.51. The van der Waals surface area contributed by atoms with E-state index in [-0.39, 0.29) is 0 Å². The Morgan fingerprint density at radius 3 is 1.53 bits per heavy atom. The van der Waals surface area contributed by atoms with Gasteiger partial charge in [0.15, 0.2) is 0 Å². The first kappa shape index (κ1) is 11.3. The Morgan fingerprint density at radius 1 is 0.474 bits per heavy atom. The molecule has 0 amide bonds. The molecule has 0 aromatic heterocycles. The van der Waals surface area contributed by atoms with Crippen molar-refractivity contribution < 1.29 is 0 Å². The summed E-state index contributed by atoms with van der Waals surface area (Å²) in [5.41, 5.74) is 2.91. The van der Waals surface area contributed by atoms with Gasteiger partial charge in [0, 0.05) is 0 Å². The SMILES string of the molecule is c1ccc([Te]2c3ccccc3-c3ccccc32)cc1. The van der Waals surface area contributed by atoms with E-state index < -0.39 is 19.6 Å². The molecule has 0 saturated heterocycles. The monoisotopic (exact) mass is 359 g/mol. The molecule has 1 aliphatic rings. The van der Waals surface area contributed by atoms with E-state index in [1.807, 2.05) is 0 Å². The molecule has 3 aromatic carbocycles. The molecule has 1 heterocycles. The Labute approximate surface area is 120 Å². The minimum atomic E-state index is -1.60. The standard InChI is InChI=1S/C18H13Te/c1-2-8-14(9-3-1)19-17-12-6-4-10-15(17)16-11-5-7-13-18(16)19/h1-13H. The van der Waals surface area contributed by atoms with Crippen LogP contribution in [0.25, 0.3) is 11.1 Å². The van der Waals surface area contributed by atoms with Crippen molar-refractivity contribution in [2.75, 3.05) is 0 Å². The molecule has 0 aliphatic carbocycles. The Kier molecular flexibility index (Phi) is 2.69. The van der Waals surface area contributed by atoms with Gasteiger partial charge in [0.05, 0.1) is 0 Å². The van der Waals surface area contributed by atoms with E-state index in [2.05, 4.69) is 78.9 Å². The van der Waals surface area contributed by atoms with Crippen LogP contribution in [0, 0.1) is 0 Å². The van der Waals surface area contributed by atoms with Crippen LogP contribution in [0.5, 0.6) is 0 Å². The second kappa shape index (κ2) is 4.53. The minimum absolute atomic E-state index is 1.46. The molecule has 19 heavy (non-hydrogen) atoms. The normalized spacial score (nSPS) is 13.1. The van der Waals surface area contributed by atoms with Gasteiger partial charge in [-0.1, -0.05) is 0 Å². The van der Waals surface area contributed by atoms with Gasteiger partial charge in [-0.15, -0.1) is 0 Å². The van der Waals surface area contributed by atoms with Gasteiger partial charge >= 0.3 is 120 Å². The van der Waals surface area contributed by atoms with E-state index in [0.717, 1.165) is 0 Å². The molecule has 4 rings (SSSR count). The van der Waals surface area contributed by atoms with Crippen molar-refractivity contribution >= 4 is 30.4 Å². The van der Waals surface area contributed by atoms with Crippen LogP contribution in [0.1, 0.15) is 0 Å². The molecule has 91 valence electrons. The fourth-order valence-electron chi connectivity index (χ4n) is 2.66. The topological polar surface area (TPSA) is 0 Å². The summed E-state index contributed by atoms with van der Waals surface area (Å²) in [6.07, 6.45) is 0. The van der Waals surface area contributed by atoms with Gasteiger partial charge in [0.25, 0.3) is 0 Å². The van der Waals surface area contributed by atoms with E-state index in [1.165, 1.54) is 11.1 Å². The summed E-state index contributed by atoms with van der Waals surface area (Å²) in [7, 11) is 0. The van der Waals surface area contributed by atoms with Crippen LogP contribution >= 0.6 is 0 Å². The molecule has 0 fully saturated rings. The first-order valence-electron chi connectivity index (χ1n) is 6.43. The van der Waals surface area contributed by atoms with Gasteiger partial charge in [-0.2, -0.15) is 0 Å². The second-order valence-corrected chi connectivity index (χ2v) is 10.2. The van der Waals surface area contributed by atoms with E-state index in [4.69, 9.17) is 0 Å². The number of hydrogen-bond donors (Lipinski definition) is 0. The third-order valence-corrected chi connectivity index (χ3v) is 10.1. The van der Waals surface area contributed by atoms with Crippen molar-refractivity contribution in [2.45, 2.75) is 0 Å². The maximum absolute atomic E-state index is 2.33. The number of benzene rings is 3. The molecule has 0 N–H and O–H groups in total. The molecule has 1 aliphatic heterocycles. The van der Waals surface area contributed by atoms with Crippen LogP contribution in [0.4, 0.5) is 0 Å². The molecule has 0 spiro atoms. The van der Waals surface area contributed by atoms with Gasteiger partial charge in [0.1, 0.15) is 0 Å². The summed E-state index contributed by atoms with van der Waals surface area (Å²) in [4.78, 5) is 0. The summed E-state index contributed by atoms with van der Waals surface area (Å²) in [6.45, 7) is 0. The van der Waals surface area contributed by atoms with Crippen molar-refractivity contribution in [3.63, 3.8) is 0 Å². The summed E-state index contributed by atoms with van der Waals surface area (Å²) in [5, 5.41) is 0. The zero-order valence-corrected chi connectivity index (χ0v) is 12.7. The average molecular weight is 357 g/mol. The van der Waals surface area contributed by atoms with Gasteiger partial charge in [0.2, 0.25) is 0 Å². The third kappa shape index (κ3) is 1.74. The number of hydrogen-bond acceptors (Lipinski definition) is 0. The summed E-state index contributed by atoms with van der Waals surface area (Å²) in [6, 6.07) is 28.9. The maximum atomic E-state index is 2.33. The van der Waals surface area contributed by atoms with Crippen LogP contribution in [-0.2, 0) is 0 Å². The molecule has 1 radical (unpaired) electrons. The van der Waals surface area contributed by atoms with Gasteiger partial charge in [-0.3, -0.25) is 0 Å². The first-order chi connectivity index (χ1) is 9.45. The van der Waals surface area contributed by atoms with Crippen LogP contribution in [0.3, 0.4) is 0 Å². The Bertz CT molecular complexity index is 686. The van der Waals surface area contributed by atoms with Crippen molar-refractivity contribution in [3.05, 3.63) is 78.9 Å². The van der Waals surface area contributed by atoms with E-state index >= 15 is 0 Å². The van der Waals surface area contributed by atoms with Crippen molar-refractivity contribution in [1.29, 1.82) is 0 Å². The summed E-state index contributed by atoms with van der Waals surface area (Å²) in [5.74, 6) is 0. The van der Waals surface area contributed by atoms with E-state index in [1.54, 1.807) is 10.8 Å². The molecule has 3 aromatic rings. The predicted octanol–water partition coefficient (Wildman–Crippen LogP) is 2.18. The van der Waals surface area contributed by atoms with Crippen molar-refractivity contribution in [1.82, 2.24) is 0 Å². The summed E-state index contributed by atoms with van der Waals surface area (Å²) < 4.78 is 4.74. The molecule has 0 nitrogen and oxygen atoms in total. The molecular weight excluding hydrogens is 344 g/mol. The number of fused-ring (bicyclic) bond motifs is 3. The zero-order valence-electron chi connectivity index (χ0n) is 10.4. The van der Waals surface area contributed by atoms with Crippen molar-refractivity contribution in [3.8, 4) is 11.1 Å². The van der Waals surface area contributed by atoms with E-state index in [0.29, 0.717) is 0 Å². The fraction of sp³-hybridized carbons (Fsp3) is 0. The predicted molar refractivity (Wildman–Crippen MR) is 83.0 cm³/mol. The summed E-state index contributed by atoms with van der Waals surface area (Å²) >= 11 is -1.60. The van der Waals surface area contributed by atoms with Crippen LogP contribution in [-0.4, -0.2) is 19.6 Å². The Hall–Kier alpha value is -1.55. The third-order valence-electron chi connectivity index (χ3n) is 3.48. The quantitative estimate of drug-likeness (QED) is 0.459. The van der Waals surface area contributed by atoms with Crippen molar-refractivity contribution in [2.24, 2.45) is 0 Å². The Morgan fingerprint density at radius 2 is 0.947 bits per heavy atom. The van der Waals surface area contributed by atoms with Gasteiger partial charge < -0.3 is 0 Å². The number of rotatable bonds is 1. The van der Waals surface area contributed by atoms with Crippen LogP contribution in [0.2, 0.25) is 0 Å². The Balaban J connectivity index is 2.02. The van der Waals surface area contributed by atoms with Crippen LogP contribution in [0.15, 0.2) is 78.9 Å². The van der Waals surface area contributed by atoms with Crippen LogP contribution < -0.4 is 10.8 Å². The molecule has 0 saturated carbocycles. The zero-order chi connectivity index (χ0) is 12.7. The molecule has 1 heteroatoms. The van der Waals surface area contributed by atoms with E-state index in [9.17, 15) is 0 Å². The van der Waals surface area contributed by atoms with Gasteiger partial charge in [-0.05, 0) is 0 Å². The molecular formula is C18H13Te. The molecule has 0 atom stereocenters.